The minimum Gasteiger partial charge on any atom is -0.267 e. The molecule has 0 fully saturated rings. The SMILES string of the molecule is O=C(NNC(=O)c1ccsc1)c1ccc(CSc2ccc(Cl)cc2)cc1. The maximum atomic E-state index is 12.1. The number of thioether (sulfide) groups is 1. The molecule has 0 radical (unpaired) electrons. The van der Waals surface area contributed by atoms with Crippen molar-refractivity contribution < 1.29 is 9.59 Å². The fourth-order valence-corrected chi connectivity index (χ4v) is 3.72. The second kappa shape index (κ2) is 8.89. The lowest BCUT2D eigenvalue weighted by atomic mass is 10.1. The molecule has 3 aromatic rings. The largest absolute Gasteiger partial charge is 0.270 e. The van der Waals surface area contributed by atoms with Crippen LogP contribution in [0.1, 0.15) is 26.3 Å². The van der Waals surface area contributed by atoms with Crippen molar-refractivity contribution in [1.29, 1.82) is 0 Å². The Bertz CT molecular complexity index is 879. The van der Waals surface area contributed by atoms with Gasteiger partial charge < -0.3 is 0 Å². The van der Waals surface area contributed by atoms with Crippen molar-refractivity contribution in [2.75, 3.05) is 0 Å². The van der Waals surface area contributed by atoms with E-state index >= 15 is 0 Å². The van der Waals surface area contributed by atoms with Gasteiger partial charge in [-0.1, -0.05) is 23.7 Å². The van der Waals surface area contributed by atoms with E-state index in [0.29, 0.717) is 11.1 Å². The molecule has 0 spiro atoms. The molecule has 0 unspecified atom stereocenters. The molecule has 7 heteroatoms. The molecule has 0 saturated heterocycles. The van der Waals surface area contributed by atoms with Gasteiger partial charge in [0.05, 0.1) is 5.56 Å². The third-order valence-electron chi connectivity index (χ3n) is 3.51. The van der Waals surface area contributed by atoms with E-state index in [1.54, 1.807) is 40.7 Å². The molecule has 0 bridgehead atoms. The summed E-state index contributed by atoms with van der Waals surface area (Å²) in [5, 5.41) is 4.24. The molecule has 0 saturated carbocycles. The van der Waals surface area contributed by atoms with Gasteiger partial charge in [-0.2, -0.15) is 11.3 Å². The number of rotatable bonds is 5. The molecule has 1 aromatic heterocycles. The minimum absolute atomic E-state index is 0.337. The average Bonchev–Trinajstić information content (AvgIpc) is 3.21. The summed E-state index contributed by atoms with van der Waals surface area (Å²) in [6, 6.07) is 16.7. The van der Waals surface area contributed by atoms with Gasteiger partial charge in [-0.25, -0.2) is 0 Å². The molecule has 2 aromatic carbocycles. The van der Waals surface area contributed by atoms with E-state index in [2.05, 4.69) is 10.9 Å². The van der Waals surface area contributed by atoms with Crippen molar-refractivity contribution in [2.45, 2.75) is 10.6 Å². The highest BCUT2D eigenvalue weighted by molar-refractivity contribution is 7.98. The Kier molecular flexibility index (Phi) is 6.33. The van der Waals surface area contributed by atoms with Crippen LogP contribution in [0.3, 0.4) is 0 Å². The Morgan fingerprint density at radius 1 is 0.885 bits per heavy atom. The van der Waals surface area contributed by atoms with Crippen molar-refractivity contribution in [1.82, 2.24) is 10.9 Å². The van der Waals surface area contributed by atoms with Crippen LogP contribution in [0.25, 0.3) is 0 Å². The summed E-state index contributed by atoms with van der Waals surface area (Å²) >= 11 is 8.99. The summed E-state index contributed by atoms with van der Waals surface area (Å²) in [5.74, 6) is 0.0966. The van der Waals surface area contributed by atoms with Gasteiger partial charge in [0.2, 0.25) is 0 Å². The van der Waals surface area contributed by atoms with Crippen molar-refractivity contribution in [2.24, 2.45) is 0 Å². The topological polar surface area (TPSA) is 58.2 Å². The molecule has 132 valence electrons. The van der Waals surface area contributed by atoms with Crippen LogP contribution in [0.2, 0.25) is 5.02 Å². The maximum Gasteiger partial charge on any atom is 0.270 e. The Balaban J connectivity index is 1.50. The first-order valence-corrected chi connectivity index (χ1v) is 10.0. The van der Waals surface area contributed by atoms with E-state index < -0.39 is 0 Å². The van der Waals surface area contributed by atoms with E-state index in [1.807, 2.05) is 36.4 Å². The normalized spacial score (nSPS) is 10.3. The molecule has 0 aliphatic carbocycles. The van der Waals surface area contributed by atoms with Gasteiger partial charge in [-0.05, 0) is 53.4 Å². The summed E-state index contributed by atoms with van der Waals surface area (Å²) in [4.78, 5) is 25.0. The zero-order chi connectivity index (χ0) is 18.4. The fraction of sp³-hybridized carbons (Fsp3) is 0.0526. The molecule has 2 amide bonds. The molecule has 0 aliphatic heterocycles. The lowest BCUT2D eigenvalue weighted by Crippen LogP contribution is -2.41. The zero-order valence-electron chi connectivity index (χ0n) is 13.6. The molecule has 1 heterocycles. The number of nitrogens with one attached hydrogen (secondary N) is 2. The van der Waals surface area contributed by atoms with Crippen LogP contribution in [-0.2, 0) is 5.75 Å². The Morgan fingerprint density at radius 2 is 1.54 bits per heavy atom. The molecule has 0 atom stereocenters. The smallest absolute Gasteiger partial charge is 0.267 e. The van der Waals surface area contributed by atoms with Crippen LogP contribution in [-0.4, -0.2) is 11.8 Å². The number of halogens is 1. The Hall–Kier alpha value is -2.28. The highest BCUT2D eigenvalue weighted by Crippen LogP contribution is 2.24. The number of hydrogen-bond donors (Lipinski definition) is 2. The second-order valence-corrected chi connectivity index (χ2v) is 7.63. The van der Waals surface area contributed by atoms with Gasteiger partial charge in [0, 0.05) is 26.6 Å². The molecule has 3 rings (SSSR count). The highest BCUT2D eigenvalue weighted by atomic mass is 35.5. The fourth-order valence-electron chi connectivity index (χ4n) is 2.10. The quantitative estimate of drug-likeness (QED) is 0.477. The van der Waals surface area contributed by atoms with Crippen LogP contribution >= 0.6 is 34.7 Å². The van der Waals surface area contributed by atoms with E-state index in [0.717, 1.165) is 21.2 Å². The lowest BCUT2D eigenvalue weighted by molar-refractivity contribution is 0.0847. The third-order valence-corrected chi connectivity index (χ3v) is 5.53. The molecule has 26 heavy (non-hydrogen) atoms. The predicted molar refractivity (Wildman–Crippen MR) is 107 cm³/mol. The van der Waals surface area contributed by atoms with Gasteiger partial charge in [0.1, 0.15) is 0 Å². The number of hydrazine groups is 1. The number of carbonyl (C=O) groups is 2. The van der Waals surface area contributed by atoms with Gasteiger partial charge in [-0.15, -0.1) is 11.8 Å². The molecular weight excluding hydrogens is 388 g/mol. The van der Waals surface area contributed by atoms with Crippen LogP contribution in [0.4, 0.5) is 0 Å². The Labute approximate surface area is 164 Å². The number of benzene rings is 2. The highest BCUT2D eigenvalue weighted by Gasteiger charge is 2.09. The Morgan fingerprint density at radius 3 is 2.15 bits per heavy atom. The molecule has 0 aliphatic rings. The van der Waals surface area contributed by atoms with E-state index in [1.165, 1.54) is 11.3 Å². The molecular formula is C19H15ClN2O2S2. The van der Waals surface area contributed by atoms with Crippen molar-refractivity contribution in [3.8, 4) is 0 Å². The monoisotopic (exact) mass is 402 g/mol. The second-order valence-electron chi connectivity index (χ2n) is 5.36. The van der Waals surface area contributed by atoms with Crippen molar-refractivity contribution >= 4 is 46.5 Å². The summed E-state index contributed by atoms with van der Waals surface area (Å²) < 4.78 is 0. The number of hydrogen-bond acceptors (Lipinski definition) is 4. The number of carbonyl (C=O) groups excluding carboxylic acids is 2. The van der Waals surface area contributed by atoms with Gasteiger partial charge >= 0.3 is 0 Å². The third kappa shape index (κ3) is 5.11. The van der Waals surface area contributed by atoms with E-state index in [-0.39, 0.29) is 11.8 Å². The van der Waals surface area contributed by atoms with Crippen LogP contribution in [0.5, 0.6) is 0 Å². The van der Waals surface area contributed by atoms with Crippen LogP contribution in [0.15, 0.2) is 70.3 Å². The van der Waals surface area contributed by atoms with Crippen LogP contribution < -0.4 is 10.9 Å². The van der Waals surface area contributed by atoms with Gasteiger partial charge in [0.15, 0.2) is 0 Å². The summed E-state index contributed by atoms with van der Waals surface area (Å²) in [7, 11) is 0. The first kappa shape index (κ1) is 18.5. The first-order chi connectivity index (χ1) is 12.6. The summed E-state index contributed by atoms with van der Waals surface area (Å²) in [5.41, 5.74) is 6.92. The summed E-state index contributed by atoms with van der Waals surface area (Å²) in [6.45, 7) is 0. The van der Waals surface area contributed by atoms with E-state index in [4.69, 9.17) is 11.6 Å². The molecule has 2 N–H and O–H groups in total. The number of thiophene rings is 1. The van der Waals surface area contributed by atoms with Crippen molar-refractivity contribution in [3.63, 3.8) is 0 Å². The maximum absolute atomic E-state index is 12.1. The van der Waals surface area contributed by atoms with Crippen molar-refractivity contribution in [3.05, 3.63) is 87.1 Å². The van der Waals surface area contributed by atoms with Gasteiger partial charge in [0.25, 0.3) is 11.8 Å². The van der Waals surface area contributed by atoms with Crippen LogP contribution in [0, 0.1) is 0 Å². The standard InChI is InChI=1S/C19H15ClN2O2S2/c20-16-5-7-17(8-6-16)26-11-13-1-3-14(4-2-13)18(23)21-22-19(24)15-9-10-25-12-15/h1-10,12H,11H2,(H,21,23)(H,22,24). The molecule has 4 nitrogen and oxygen atoms in total. The first-order valence-electron chi connectivity index (χ1n) is 7.72. The average molecular weight is 403 g/mol. The predicted octanol–water partition coefficient (Wildman–Crippen LogP) is 4.77. The summed E-state index contributed by atoms with van der Waals surface area (Å²) in [6.07, 6.45) is 0. The zero-order valence-corrected chi connectivity index (χ0v) is 16.0. The van der Waals surface area contributed by atoms with Gasteiger partial charge in [-0.3, -0.25) is 20.4 Å². The minimum atomic E-state index is -0.356. The number of amides is 2. The van der Waals surface area contributed by atoms with E-state index in [9.17, 15) is 9.59 Å². The lowest BCUT2D eigenvalue weighted by Gasteiger charge is -2.07.